The highest BCUT2D eigenvalue weighted by molar-refractivity contribution is 6.08. The molecule has 0 aliphatic heterocycles. The predicted molar refractivity (Wildman–Crippen MR) is 131 cm³/mol. The van der Waals surface area contributed by atoms with Crippen LogP contribution in [0.2, 0.25) is 0 Å². The number of rotatable bonds is 9. The van der Waals surface area contributed by atoms with Crippen LogP contribution >= 0.6 is 0 Å². The molecule has 2 amide bonds. The minimum atomic E-state index is -0.759. The lowest BCUT2D eigenvalue weighted by molar-refractivity contribution is -0.119. The summed E-state index contributed by atoms with van der Waals surface area (Å²) in [5.74, 6) is -0.605. The van der Waals surface area contributed by atoms with Crippen LogP contribution in [0.25, 0.3) is 0 Å². The molecular formula is C26H26N2O7. The molecule has 0 saturated carbocycles. The molecule has 35 heavy (non-hydrogen) atoms. The third kappa shape index (κ3) is 6.29. The minimum Gasteiger partial charge on any atom is -0.493 e. The zero-order valence-electron chi connectivity index (χ0n) is 19.8. The zero-order chi connectivity index (χ0) is 25.4. The first-order valence-electron chi connectivity index (χ1n) is 10.6. The molecule has 3 aromatic rings. The van der Waals surface area contributed by atoms with Crippen LogP contribution in [-0.4, -0.2) is 45.7 Å². The molecule has 0 atom stereocenters. The Balaban J connectivity index is 1.66. The highest BCUT2D eigenvalue weighted by Crippen LogP contribution is 2.39. The molecule has 0 saturated heterocycles. The molecule has 0 aromatic heterocycles. The summed E-state index contributed by atoms with van der Waals surface area (Å²) in [5, 5.41) is 5.34. The summed E-state index contributed by atoms with van der Waals surface area (Å²) in [6.45, 7) is 1.33. The van der Waals surface area contributed by atoms with Crippen molar-refractivity contribution in [3.8, 4) is 17.2 Å². The maximum atomic E-state index is 12.7. The van der Waals surface area contributed by atoms with E-state index >= 15 is 0 Å². The van der Waals surface area contributed by atoms with Crippen LogP contribution in [0.5, 0.6) is 17.2 Å². The van der Waals surface area contributed by atoms with Gasteiger partial charge in [-0.15, -0.1) is 0 Å². The summed E-state index contributed by atoms with van der Waals surface area (Å²) in [4.78, 5) is 37.7. The number of nitrogens with one attached hydrogen (secondary N) is 2. The molecule has 0 aliphatic rings. The van der Waals surface area contributed by atoms with Crippen LogP contribution in [0.15, 0.2) is 60.7 Å². The second-order valence-electron chi connectivity index (χ2n) is 7.41. The normalized spacial score (nSPS) is 10.2. The number of methoxy groups -OCH3 is 3. The maximum absolute atomic E-state index is 12.7. The Bertz CT molecular complexity index is 1210. The van der Waals surface area contributed by atoms with E-state index in [9.17, 15) is 14.4 Å². The first kappa shape index (κ1) is 25.1. The number of aryl methyl sites for hydroxylation is 1. The van der Waals surface area contributed by atoms with Crippen LogP contribution in [0, 0.1) is 6.92 Å². The lowest BCUT2D eigenvalue weighted by atomic mass is 10.1. The fourth-order valence-electron chi connectivity index (χ4n) is 3.31. The van der Waals surface area contributed by atoms with Gasteiger partial charge in [-0.25, -0.2) is 4.79 Å². The number of hydrogen-bond donors (Lipinski definition) is 2. The molecule has 0 spiro atoms. The van der Waals surface area contributed by atoms with Crippen LogP contribution in [-0.2, 0) is 9.53 Å². The molecule has 0 aliphatic carbocycles. The third-order valence-corrected chi connectivity index (χ3v) is 4.96. The first-order chi connectivity index (χ1) is 16.9. The number of ether oxygens (including phenoxy) is 4. The van der Waals surface area contributed by atoms with Crippen LogP contribution in [0.3, 0.4) is 0 Å². The van der Waals surface area contributed by atoms with Gasteiger partial charge in [-0.2, -0.15) is 0 Å². The number of esters is 1. The van der Waals surface area contributed by atoms with Crippen LogP contribution in [0.1, 0.15) is 26.3 Å². The molecule has 3 aromatic carbocycles. The van der Waals surface area contributed by atoms with Gasteiger partial charge in [0.15, 0.2) is 18.1 Å². The van der Waals surface area contributed by atoms with Crippen molar-refractivity contribution in [3.63, 3.8) is 0 Å². The Morgan fingerprint density at radius 1 is 0.800 bits per heavy atom. The van der Waals surface area contributed by atoms with Gasteiger partial charge in [-0.1, -0.05) is 29.8 Å². The number of carbonyl (C=O) groups is 3. The van der Waals surface area contributed by atoms with E-state index in [0.717, 1.165) is 5.56 Å². The lowest BCUT2D eigenvalue weighted by Gasteiger charge is -2.15. The molecule has 2 N–H and O–H groups in total. The Hall–Kier alpha value is -4.53. The van der Waals surface area contributed by atoms with E-state index in [-0.39, 0.29) is 17.2 Å². The van der Waals surface area contributed by atoms with Crippen molar-refractivity contribution in [3.05, 3.63) is 77.4 Å². The highest BCUT2D eigenvalue weighted by atomic mass is 16.5. The van der Waals surface area contributed by atoms with Crippen molar-refractivity contribution in [1.82, 2.24) is 0 Å². The average Bonchev–Trinajstić information content (AvgIpc) is 2.86. The molecule has 0 bridgehead atoms. The smallest absolute Gasteiger partial charge is 0.340 e. The second-order valence-corrected chi connectivity index (χ2v) is 7.41. The first-order valence-corrected chi connectivity index (χ1v) is 10.6. The Morgan fingerprint density at radius 2 is 1.49 bits per heavy atom. The van der Waals surface area contributed by atoms with Crippen molar-refractivity contribution < 1.29 is 33.3 Å². The molecule has 0 unspecified atom stereocenters. The Labute approximate surface area is 203 Å². The molecule has 9 heteroatoms. The van der Waals surface area contributed by atoms with Crippen molar-refractivity contribution in [1.29, 1.82) is 0 Å². The van der Waals surface area contributed by atoms with Gasteiger partial charge >= 0.3 is 5.97 Å². The van der Waals surface area contributed by atoms with Crippen molar-refractivity contribution >= 4 is 29.2 Å². The van der Waals surface area contributed by atoms with E-state index in [1.54, 1.807) is 48.5 Å². The third-order valence-electron chi connectivity index (χ3n) is 4.96. The largest absolute Gasteiger partial charge is 0.493 e. The summed E-state index contributed by atoms with van der Waals surface area (Å²) in [5.41, 5.74) is 2.15. The molecule has 182 valence electrons. The molecule has 9 nitrogen and oxygen atoms in total. The fourth-order valence-corrected chi connectivity index (χ4v) is 3.31. The van der Waals surface area contributed by atoms with Crippen molar-refractivity contribution in [2.45, 2.75) is 6.92 Å². The second kappa shape index (κ2) is 11.6. The summed E-state index contributed by atoms with van der Waals surface area (Å²) in [6.07, 6.45) is 0. The summed E-state index contributed by atoms with van der Waals surface area (Å²) in [6, 6.07) is 16.6. The zero-order valence-corrected chi connectivity index (χ0v) is 19.8. The van der Waals surface area contributed by atoms with E-state index in [2.05, 4.69) is 10.6 Å². The number of hydrogen-bond acceptors (Lipinski definition) is 7. The SMILES string of the molecule is COc1cc(NC(=O)COC(=O)c2ccccc2NC(=O)c2cccc(C)c2)cc(OC)c1OC. The Morgan fingerprint density at radius 3 is 2.11 bits per heavy atom. The van der Waals surface area contributed by atoms with Gasteiger partial charge in [0.25, 0.3) is 11.8 Å². The van der Waals surface area contributed by atoms with E-state index in [4.69, 9.17) is 18.9 Å². The van der Waals surface area contributed by atoms with Crippen molar-refractivity contribution in [2.75, 3.05) is 38.6 Å². The number of amides is 2. The molecular weight excluding hydrogens is 452 g/mol. The average molecular weight is 479 g/mol. The fraction of sp³-hybridized carbons (Fsp3) is 0.192. The standard InChI is InChI=1S/C26H26N2O7/c1-16-8-7-9-17(12-16)25(30)28-20-11-6-5-10-19(20)26(31)35-15-23(29)27-18-13-21(32-2)24(34-4)22(14-18)33-3/h5-14H,15H2,1-4H3,(H,27,29)(H,28,30). The number of anilines is 2. The van der Waals surface area contributed by atoms with Gasteiger partial charge in [0.2, 0.25) is 5.75 Å². The molecule has 0 fully saturated rings. The van der Waals surface area contributed by atoms with Gasteiger partial charge in [-0.3, -0.25) is 9.59 Å². The van der Waals surface area contributed by atoms with E-state index in [0.29, 0.717) is 28.5 Å². The molecule has 3 rings (SSSR count). The topological polar surface area (TPSA) is 112 Å². The van der Waals surface area contributed by atoms with Gasteiger partial charge in [0.1, 0.15) is 0 Å². The van der Waals surface area contributed by atoms with E-state index in [1.165, 1.54) is 27.4 Å². The quantitative estimate of drug-likeness (QED) is 0.446. The summed E-state index contributed by atoms with van der Waals surface area (Å²) in [7, 11) is 4.39. The van der Waals surface area contributed by atoms with Crippen LogP contribution in [0.4, 0.5) is 11.4 Å². The van der Waals surface area contributed by atoms with Crippen molar-refractivity contribution in [2.24, 2.45) is 0 Å². The van der Waals surface area contributed by atoms with E-state index < -0.39 is 18.5 Å². The molecule has 0 radical (unpaired) electrons. The van der Waals surface area contributed by atoms with Gasteiger partial charge < -0.3 is 29.6 Å². The minimum absolute atomic E-state index is 0.120. The van der Waals surface area contributed by atoms with Gasteiger partial charge in [-0.05, 0) is 31.2 Å². The summed E-state index contributed by atoms with van der Waals surface area (Å²) >= 11 is 0. The number of para-hydroxylation sites is 1. The number of benzene rings is 3. The van der Waals surface area contributed by atoms with Gasteiger partial charge in [0.05, 0.1) is 32.6 Å². The lowest BCUT2D eigenvalue weighted by Crippen LogP contribution is -2.22. The van der Waals surface area contributed by atoms with Crippen LogP contribution < -0.4 is 24.8 Å². The van der Waals surface area contributed by atoms with Gasteiger partial charge in [0, 0.05) is 23.4 Å². The maximum Gasteiger partial charge on any atom is 0.340 e. The highest BCUT2D eigenvalue weighted by Gasteiger charge is 2.18. The number of carbonyl (C=O) groups excluding carboxylic acids is 3. The van der Waals surface area contributed by atoms with E-state index in [1.807, 2.05) is 13.0 Å². The Kier molecular flexibility index (Phi) is 8.29. The monoisotopic (exact) mass is 478 g/mol. The molecule has 0 heterocycles. The predicted octanol–water partition coefficient (Wildman–Crippen LogP) is 4.07. The summed E-state index contributed by atoms with van der Waals surface area (Å²) < 4.78 is 21.0.